The number of hydrogen-bond donors (Lipinski definition) is 2. The van der Waals surface area contributed by atoms with Gasteiger partial charge in [0.15, 0.2) is 12.5 Å². The van der Waals surface area contributed by atoms with Gasteiger partial charge in [0.25, 0.3) is 0 Å². The molecule has 1 aliphatic rings. The first-order chi connectivity index (χ1) is 6.74. The van der Waals surface area contributed by atoms with E-state index in [4.69, 9.17) is 0 Å². The molecule has 0 aromatic carbocycles. The summed E-state index contributed by atoms with van der Waals surface area (Å²) in [6, 6.07) is 1.53. The molecule has 0 amide bonds. The fraction of sp³-hybridized carbons (Fsp3) is 0.125. The smallest absolute Gasteiger partial charge is 0.351 e. The molecule has 0 unspecified atom stereocenters. The summed E-state index contributed by atoms with van der Waals surface area (Å²) in [6.45, 7) is 0. The average molecular weight is 193 g/mol. The van der Waals surface area contributed by atoms with Gasteiger partial charge in [0, 0.05) is 12.4 Å². The number of hydrogen-bond acceptors (Lipinski definition) is 5. The maximum absolute atomic E-state index is 11.2. The Morgan fingerprint density at radius 2 is 2.43 bits per heavy atom. The lowest BCUT2D eigenvalue weighted by Crippen LogP contribution is -2.32. The van der Waals surface area contributed by atoms with Crippen molar-refractivity contribution in [1.82, 2.24) is 9.55 Å². The number of aliphatic hydroxyl groups excluding tert-OH is 1. The third-order valence-electron chi connectivity index (χ3n) is 1.95. The van der Waals surface area contributed by atoms with Crippen LogP contribution in [0, 0.1) is 0 Å². The van der Waals surface area contributed by atoms with Crippen molar-refractivity contribution in [2.45, 2.75) is 6.23 Å². The molecule has 0 bridgehead atoms. The molecule has 14 heavy (non-hydrogen) atoms. The third-order valence-corrected chi connectivity index (χ3v) is 1.95. The zero-order chi connectivity index (χ0) is 10.1. The highest BCUT2D eigenvalue weighted by Crippen LogP contribution is 2.20. The zero-order valence-electron chi connectivity index (χ0n) is 7.04. The van der Waals surface area contributed by atoms with Crippen LogP contribution in [0.3, 0.4) is 0 Å². The number of aliphatic hydroxyl groups is 1. The number of carbonyl (C=O) groups is 1. The minimum atomic E-state index is -1.26. The molecule has 0 saturated heterocycles. The van der Waals surface area contributed by atoms with Gasteiger partial charge in [-0.15, -0.1) is 0 Å². The van der Waals surface area contributed by atoms with Crippen molar-refractivity contribution >= 4 is 12.1 Å². The summed E-state index contributed by atoms with van der Waals surface area (Å²) < 4.78 is 1.00. The number of nitrogens with zero attached hydrogens (tertiary/aromatic N) is 2. The molecule has 1 aliphatic heterocycles. The van der Waals surface area contributed by atoms with E-state index in [1.807, 2.05) is 0 Å². The van der Waals surface area contributed by atoms with Crippen LogP contribution in [0.4, 0.5) is 5.82 Å². The first-order valence-electron chi connectivity index (χ1n) is 3.91. The van der Waals surface area contributed by atoms with Gasteiger partial charge in [-0.25, -0.2) is 14.3 Å². The lowest BCUT2D eigenvalue weighted by Gasteiger charge is -2.21. The van der Waals surface area contributed by atoms with E-state index in [-0.39, 0.29) is 5.57 Å². The second-order valence-corrected chi connectivity index (χ2v) is 2.76. The average Bonchev–Trinajstić information content (AvgIpc) is 2.18. The number of fused-ring (bicyclic) bond motifs is 1. The normalized spacial score (nSPS) is 19.2. The second-order valence-electron chi connectivity index (χ2n) is 2.76. The van der Waals surface area contributed by atoms with Crippen molar-refractivity contribution in [1.29, 1.82) is 0 Å². The molecule has 0 fully saturated rings. The number of anilines is 1. The highest BCUT2D eigenvalue weighted by atomic mass is 16.3. The summed E-state index contributed by atoms with van der Waals surface area (Å²) in [7, 11) is 0. The summed E-state index contributed by atoms with van der Waals surface area (Å²) in [5.41, 5.74) is -0.512. The fourth-order valence-electron chi connectivity index (χ4n) is 1.25. The predicted octanol–water partition coefficient (Wildman–Crippen LogP) is -0.758. The van der Waals surface area contributed by atoms with Crippen molar-refractivity contribution in [2.75, 3.05) is 5.32 Å². The molecule has 72 valence electrons. The summed E-state index contributed by atoms with van der Waals surface area (Å²) in [5.74, 6) is 0.406. The highest BCUT2D eigenvalue weighted by molar-refractivity contribution is 5.76. The number of carbonyl (C=O) groups excluding carboxylic acids is 1. The second kappa shape index (κ2) is 3.08. The lowest BCUT2D eigenvalue weighted by atomic mass is 10.2. The minimum Gasteiger partial charge on any atom is -0.369 e. The molecule has 1 aromatic rings. The molecule has 2 heterocycles. The predicted molar refractivity (Wildman–Crippen MR) is 47.5 cm³/mol. The van der Waals surface area contributed by atoms with E-state index in [2.05, 4.69) is 10.3 Å². The van der Waals surface area contributed by atoms with Gasteiger partial charge in [0.1, 0.15) is 5.82 Å². The number of aromatic nitrogens is 2. The lowest BCUT2D eigenvalue weighted by molar-refractivity contribution is -0.106. The van der Waals surface area contributed by atoms with Crippen molar-refractivity contribution in [2.24, 2.45) is 0 Å². The molecule has 6 heteroatoms. The Morgan fingerprint density at radius 1 is 1.64 bits per heavy atom. The number of aldehydes is 1. The topological polar surface area (TPSA) is 84.2 Å². The Kier molecular flexibility index (Phi) is 1.90. The third kappa shape index (κ3) is 1.12. The van der Waals surface area contributed by atoms with E-state index in [1.165, 1.54) is 18.5 Å². The van der Waals surface area contributed by atoms with Crippen LogP contribution < -0.4 is 11.0 Å². The van der Waals surface area contributed by atoms with E-state index < -0.39 is 11.9 Å². The summed E-state index contributed by atoms with van der Waals surface area (Å²) >= 11 is 0. The van der Waals surface area contributed by atoms with E-state index in [9.17, 15) is 14.7 Å². The first kappa shape index (κ1) is 8.64. The molecular formula is C8H7N3O3. The minimum absolute atomic E-state index is 0.0904. The molecule has 0 aliphatic carbocycles. The van der Waals surface area contributed by atoms with E-state index >= 15 is 0 Å². The highest BCUT2D eigenvalue weighted by Gasteiger charge is 2.20. The van der Waals surface area contributed by atoms with Gasteiger partial charge >= 0.3 is 5.69 Å². The maximum atomic E-state index is 11.2. The van der Waals surface area contributed by atoms with Crippen LogP contribution in [0.15, 0.2) is 28.8 Å². The summed E-state index contributed by atoms with van der Waals surface area (Å²) in [6.07, 6.45) is 1.91. The summed E-state index contributed by atoms with van der Waals surface area (Å²) in [5, 5.41) is 12.3. The molecule has 2 N–H and O–H groups in total. The van der Waals surface area contributed by atoms with Crippen molar-refractivity contribution in [3.05, 3.63) is 34.5 Å². The fourth-order valence-corrected chi connectivity index (χ4v) is 1.25. The van der Waals surface area contributed by atoms with Crippen LogP contribution in [-0.2, 0) is 4.79 Å². The van der Waals surface area contributed by atoms with Crippen LogP contribution >= 0.6 is 0 Å². The molecule has 6 nitrogen and oxygen atoms in total. The standard InChI is InChI=1S/C8H7N3O3/c12-4-5-3-10-6-1-2-9-8(14)11(6)7(5)13/h1-4,7,10,13H/t7-/m1/s1. The van der Waals surface area contributed by atoms with Crippen molar-refractivity contribution in [3.63, 3.8) is 0 Å². The number of nitrogens with one attached hydrogen (secondary N) is 1. The van der Waals surface area contributed by atoms with Gasteiger partial charge in [-0.1, -0.05) is 0 Å². The van der Waals surface area contributed by atoms with Crippen LogP contribution in [0.25, 0.3) is 0 Å². The molecule has 1 aromatic heterocycles. The molecule has 0 saturated carbocycles. The Labute approximate surface area is 78.5 Å². The SMILES string of the molecule is O=CC1=CNc2ccnc(=O)n2[C@@H]1O. The van der Waals surface area contributed by atoms with E-state index in [0.29, 0.717) is 12.1 Å². The van der Waals surface area contributed by atoms with Gasteiger partial charge in [0.05, 0.1) is 5.57 Å². The van der Waals surface area contributed by atoms with E-state index in [0.717, 1.165) is 4.57 Å². The Balaban J connectivity index is 2.60. The quantitative estimate of drug-likeness (QED) is 0.573. The Hall–Kier alpha value is -1.95. The van der Waals surface area contributed by atoms with Gasteiger partial charge in [-0.2, -0.15) is 0 Å². The zero-order valence-corrected chi connectivity index (χ0v) is 7.04. The van der Waals surface area contributed by atoms with Crippen LogP contribution in [-0.4, -0.2) is 20.9 Å². The molecule has 1 atom stereocenters. The van der Waals surface area contributed by atoms with Gasteiger partial charge in [-0.3, -0.25) is 4.79 Å². The monoisotopic (exact) mass is 193 g/mol. The van der Waals surface area contributed by atoms with Crippen molar-refractivity contribution in [3.8, 4) is 0 Å². The summed E-state index contributed by atoms with van der Waals surface area (Å²) in [4.78, 5) is 25.2. The molecule has 0 radical (unpaired) electrons. The maximum Gasteiger partial charge on any atom is 0.351 e. The first-order valence-corrected chi connectivity index (χ1v) is 3.91. The van der Waals surface area contributed by atoms with Gasteiger partial charge in [0.2, 0.25) is 0 Å². The van der Waals surface area contributed by atoms with Crippen molar-refractivity contribution < 1.29 is 9.90 Å². The largest absolute Gasteiger partial charge is 0.369 e. The van der Waals surface area contributed by atoms with Crippen LogP contribution in [0.5, 0.6) is 0 Å². The Bertz CT molecular complexity index is 463. The van der Waals surface area contributed by atoms with E-state index in [1.54, 1.807) is 0 Å². The number of rotatable bonds is 1. The van der Waals surface area contributed by atoms with Crippen LogP contribution in [0.2, 0.25) is 0 Å². The van der Waals surface area contributed by atoms with Gasteiger partial charge < -0.3 is 10.4 Å². The molecule has 2 rings (SSSR count). The molecular weight excluding hydrogens is 186 g/mol. The van der Waals surface area contributed by atoms with Gasteiger partial charge in [-0.05, 0) is 6.07 Å². The Morgan fingerprint density at radius 3 is 3.14 bits per heavy atom. The van der Waals surface area contributed by atoms with Crippen LogP contribution in [0.1, 0.15) is 6.23 Å². The molecule has 0 spiro atoms.